The second-order valence-corrected chi connectivity index (χ2v) is 7.04. The Hall–Kier alpha value is -2.07. The SMILES string of the molecule is C[C@@H]1CCN(C(=O)/C=C/c2ccc(F)cc2)c2ccccc2S1. The first-order valence-corrected chi connectivity index (χ1v) is 8.52. The number of nitrogens with zero attached hydrogens (tertiary/aromatic N) is 1. The van der Waals surface area contributed by atoms with Gasteiger partial charge in [-0.25, -0.2) is 4.39 Å². The van der Waals surface area contributed by atoms with Crippen LogP contribution in [0.25, 0.3) is 6.08 Å². The smallest absolute Gasteiger partial charge is 0.251 e. The van der Waals surface area contributed by atoms with Gasteiger partial charge in [0.05, 0.1) is 5.69 Å². The number of thioether (sulfide) groups is 1. The van der Waals surface area contributed by atoms with Gasteiger partial charge in [0, 0.05) is 22.8 Å². The number of anilines is 1. The summed E-state index contributed by atoms with van der Waals surface area (Å²) in [5.74, 6) is -0.322. The van der Waals surface area contributed by atoms with Crippen LogP contribution in [0.1, 0.15) is 18.9 Å². The highest BCUT2D eigenvalue weighted by Crippen LogP contribution is 2.37. The van der Waals surface area contributed by atoms with Crippen molar-refractivity contribution in [3.63, 3.8) is 0 Å². The molecule has 1 aliphatic rings. The molecule has 2 aromatic carbocycles. The van der Waals surface area contributed by atoms with E-state index in [4.69, 9.17) is 0 Å². The van der Waals surface area contributed by atoms with E-state index in [-0.39, 0.29) is 11.7 Å². The lowest BCUT2D eigenvalue weighted by Crippen LogP contribution is -2.30. The van der Waals surface area contributed by atoms with Crippen LogP contribution >= 0.6 is 11.8 Å². The second-order valence-electron chi connectivity index (χ2n) is 5.56. The van der Waals surface area contributed by atoms with Gasteiger partial charge in [0.1, 0.15) is 5.82 Å². The predicted octanol–water partition coefficient (Wildman–Crippen LogP) is 4.76. The summed E-state index contributed by atoms with van der Waals surface area (Å²) in [4.78, 5) is 15.6. The molecule has 2 nitrogen and oxygen atoms in total. The van der Waals surface area contributed by atoms with Crippen molar-refractivity contribution in [1.29, 1.82) is 0 Å². The number of benzene rings is 2. The van der Waals surface area contributed by atoms with Gasteiger partial charge in [0.2, 0.25) is 0 Å². The molecule has 1 heterocycles. The van der Waals surface area contributed by atoms with Crippen LogP contribution in [0.15, 0.2) is 59.5 Å². The van der Waals surface area contributed by atoms with Gasteiger partial charge in [-0.1, -0.05) is 31.2 Å². The second kappa shape index (κ2) is 7.01. The fourth-order valence-corrected chi connectivity index (χ4v) is 3.66. The normalized spacial score (nSPS) is 17.8. The summed E-state index contributed by atoms with van der Waals surface area (Å²) in [6.45, 7) is 2.89. The van der Waals surface area contributed by atoms with Crippen molar-refractivity contribution >= 4 is 29.4 Å². The minimum absolute atomic E-state index is 0.0449. The highest BCUT2D eigenvalue weighted by atomic mass is 32.2. The van der Waals surface area contributed by atoms with Gasteiger partial charge < -0.3 is 4.90 Å². The van der Waals surface area contributed by atoms with Crippen molar-refractivity contribution in [3.8, 4) is 0 Å². The molecule has 1 aliphatic heterocycles. The number of hydrogen-bond acceptors (Lipinski definition) is 2. The van der Waals surface area contributed by atoms with E-state index >= 15 is 0 Å². The number of carbonyl (C=O) groups is 1. The largest absolute Gasteiger partial charge is 0.308 e. The van der Waals surface area contributed by atoms with Crippen molar-refractivity contribution < 1.29 is 9.18 Å². The van der Waals surface area contributed by atoms with Crippen LogP contribution in [0.2, 0.25) is 0 Å². The van der Waals surface area contributed by atoms with E-state index in [2.05, 4.69) is 13.0 Å². The van der Waals surface area contributed by atoms with E-state index in [0.29, 0.717) is 11.8 Å². The van der Waals surface area contributed by atoms with Gasteiger partial charge in [0.25, 0.3) is 5.91 Å². The molecule has 0 radical (unpaired) electrons. The summed E-state index contributed by atoms with van der Waals surface area (Å²) in [5.41, 5.74) is 1.78. The van der Waals surface area contributed by atoms with E-state index in [0.717, 1.165) is 22.6 Å². The number of amides is 1. The molecular formula is C19H18FNOS. The molecule has 2 aromatic rings. The summed E-state index contributed by atoms with van der Waals surface area (Å²) in [6.07, 6.45) is 4.24. The number of rotatable bonds is 2. The Kier molecular flexibility index (Phi) is 4.82. The van der Waals surface area contributed by atoms with Crippen molar-refractivity contribution in [1.82, 2.24) is 0 Å². The van der Waals surface area contributed by atoms with Crippen LogP contribution in [0.3, 0.4) is 0 Å². The summed E-state index contributed by atoms with van der Waals surface area (Å²) < 4.78 is 12.9. The molecule has 0 saturated heterocycles. The van der Waals surface area contributed by atoms with Crippen molar-refractivity contribution in [3.05, 3.63) is 66.0 Å². The molecule has 0 fully saturated rings. The van der Waals surface area contributed by atoms with Gasteiger partial charge in [-0.2, -0.15) is 0 Å². The zero-order chi connectivity index (χ0) is 16.2. The number of hydrogen-bond donors (Lipinski definition) is 0. The van der Waals surface area contributed by atoms with Gasteiger partial charge in [0.15, 0.2) is 0 Å². The number of carbonyl (C=O) groups excluding carboxylic acids is 1. The van der Waals surface area contributed by atoms with Crippen LogP contribution in [0, 0.1) is 5.82 Å². The standard InChI is InChI=1S/C19H18FNOS/c1-14-12-13-21(17-4-2-3-5-18(17)23-14)19(22)11-8-15-6-9-16(20)10-7-15/h2-11,14H,12-13H2,1H3/b11-8+/t14-/m1/s1. The molecule has 1 amide bonds. The number of halogens is 1. The third-order valence-corrected chi connectivity index (χ3v) is 5.04. The molecule has 118 valence electrons. The van der Waals surface area contributed by atoms with Gasteiger partial charge in [-0.3, -0.25) is 4.79 Å². The summed E-state index contributed by atoms with van der Waals surface area (Å²) in [5, 5.41) is 0.482. The highest BCUT2D eigenvalue weighted by Gasteiger charge is 2.22. The minimum atomic E-state index is -0.277. The van der Waals surface area contributed by atoms with Crippen LogP contribution in [0.4, 0.5) is 10.1 Å². The van der Waals surface area contributed by atoms with Crippen LogP contribution in [-0.2, 0) is 4.79 Å². The average molecular weight is 327 g/mol. The van der Waals surface area contributed by atoms with Crippen LogP contribution in [0.5, 0.6) is 0 Å². The fraction of sp³-hybridized carbons (Fsp3) is 0.211. The molecule has 0 aromatic heterocycles. The van der Waals surface area contributed by atoms with Crippen LogP contribution in [-0.4, -0.2) is 17.7 Å². The first-order valence-electron chi connectivity index (χ1n) is 7.64. The molecule has 0 saturated carbocycles. The Bertz CT molecular complexity index is 726. The fourth-order valence-electron chi connectivity index (χ4n) is 2.55. The van der Waals surface area contributed by atoms with E-state index in [9.17, 15) is 9.18 Å². The topological polar surface area (TPSA) is 20.3 Å². The van der Waals surface area contributed by atoms with E-state index in [1.165, 1.54) is 12.1 Å². The maximum absolute atomic E-state index is 12.9. The molecule has 0 aliphatic carbocycles. The molecule has 0 bridgehead atoms. The third kappa shape index (κ3) is 3.82. The lowest BCUT2D eigenvalue weighted by molar-refractivity contribution is -0.114. The number of para-hydroxylation sites is 1. The molecular weight excluding hydrogens is 309 g/mol. The average Bonchev–Trinajstić information content (AvgIpc) is 2.72. The predicted molar refractivity (Wildman–Crippen MR) is 94.2 cm³/mol. The Balaban J connectivity index is 1.82. The molecule has 0 unspecified atom stereocenters. The summed E-state index contributed by atoms with van der Waals surface area (Å²) in [7, 11) is 0. The van der Waals surface area contributed by atoms with E-state index < -0.39 is 0 Å². The van der Waals surface area contributed by atoms with Crippen molar-refractivity contribution in [2.75, 3.05) is 11.4 Å². The van der Waals surface area contributed by atoms with Gasteiger partial charge >= 0.3 is 0 Å². The quantitative estimate of drug-likeness (QED) is 0.742. The van der Waals surface area contributed by atoms with E-state index in [1.807, 2.05) is 34.9 Å². The third-order valence-electron chi connectivity index (χ3n) is 3.80. The minimum Gasteiger partial charge on any atom is -0.308 e. The van der Waals surface area contributed by atoms with Gasteiger partial charge in [-0.05, 0) is 42.3 Å². The van der Waals surface area contributed by atoms with Crippen molar-refractivity contribution in [2.24, 2.45) is 0 Å². The summed E-state index contributed by atoms with van der Waals surface area (Å²) >= 11 is 1.81. The molecule has 3 rings (SSSR count). The molecule has 23 heavy (non-hydrogen) atoms. The Morgan fingerprint density at radius 3 is 2.74 bits per heavy atom. The number of fused-ring (bicyclic) bond motifs is 1. The summed E-state index contributed by atoms with van der Waals surface area (Å²) in [6, 6.07) is 14.1. The maximum atomic E-state index is 12.9. The molecule has 0 spiro atoms. The highest BCUT2D eigenvalue weighted by molar-refractivity contribution is 8.00. The van der Waals surface area contributed by atoms with Gasteiger partial charge in [-0.15, -0.1) is 11.8 Å². The zero-order valence-corrected chi connectivity index (χ0v) is 13.7. The van der Waals surface area contributed by atoms with E-state index in [1.54, 1.807) is 24.3 Å². The Labute approximate surface area is 140 Å². The lowest BCUT2D eigenvalue weighted by Gasteiger charge is -2.20. The Morgan fingerprint density at radius 2 is 1.96 bits per heavy atom. The monoisotopic (exact) mass is 327 g/mol. The first kappa shape index (κ1) is 15.8. The maximum Gasteiger partial charge on any atom is 0.251 e. The molecule has 4 heteroatoms. The van der Waals surface area contributed by atoms with Crippen molar-refractivity contribution in [2.45, 2.75) is 23.5 Å². The molecule has 1 atom stereocenters. The zero-order valence-electron chi connectivity index (χ0n) is 12.9. The lowest BCUT2D eigenvalue weighted by atomic mass is 10.2. The Morgan fingerprint density at radius 1 is 1.22 bits per heavy atom. The molecule has 0 N–H and O–H groups in total. The first-order chi connectivity index (χ1) is 11.1. The van der Waals surface area contributed by atoms with Crippen LogP contribution < -0.4 is 4.90 Å².